The standard InChI is InChI=1S/C15H20F3N3O3/c1-10(14(23)20(2)3)21(4)9-13(22)19-11-5-7-12(8-6-11)24-15(16,17)18/h5-8,10H,9H2,1-4H3,(H,19,22)/t10-/m0/s1. The van der Waals surface area contributed by atoms with Gasteiger partial charge < -0.3 is 15.0 Å². The molecule has 0 aromatic heterocycles. The second kappa shape index (κ2) is 8.00. The Balaban J connectivity index is 2.57. The van der Waals surface area contributed by atoms with E-state index in [1.807, 2.05) is 0 Å². The predicted molar refractivity (Wildman–Crippen MR) is 82.5 cm³/mol. The summed E-state index contributed by atoms with van der Waals surface area (Å²) < 4.78 is 39.9. The Labute approximate surface area is 138 Å². The van der Waals surface area contributed by atoms with E-state index < -0.39 is 12.4 Å². The maximum absolute atomic E-state index is 12.1. The molecule has 2 amide bonds. The number of alkyl halides is 3. The molecule has 1 aromatic rings. The summed E-state index contributed by atoms with van der Waals surface area (Å²) in [6.45, 7) is 1.64. The highest BCUT2D eigenvalue weighted by Gasteiger charge is 2.31. The number of carbonyl (C=O) groups excluding carboxylic acids is 2. The van der Waals surface area contributed by atoms with Crippen molar-refractivity contribution in [2.24, 2.45) is 0 Å². The molecule has 0 spiro atoms. The van der Waals surface area contributed by atoms with Crippen LogP contribution in [0.2, 0.25) is 0 Å². The van der Waals surface area contributed by atoms with E-state index in [2.05, 4.69) is 10.1 Å². The predicted octanol–water partition coefficient (Wildman–Crippen LogP) is 1.93. The highest BCUT2D eigenvalue weighted by atomic mass is 19.4. The number of hydrogen-bond acceptors (Lipinski definition) is 4. The zero-order valence-corrected chi connectivity index (χ0v) is 13.8. The number of nitrogens with zero attached hydrogens (tertiary/aromatic N) is 2. The lowest BCUT2D eigenvalue weighted by molar-refractivity contribution is -0.274. The van der Waals surface area contributed by atoms with Crippen molar-refractivity contribution in [2.75, 3.05) is 33.0 Å². The molecule has 1 N–H and O–H groups in total. The van der Waals surface area contributed by atoms with Gasteiger partial charge in [0.2, 0.25) is 11.8 Å². The largest absolute Gasteiger partial charge is 0.573 e. The third kappa shape index (κ3) is 6.45. The number of rotatable bonds is 6. The van der Waals surface area contributed by atoms with Crippen molar-refractivity contribution in [1.82, 2.24) is 9.80 Å². The Morgan fingerprint density at radius 3 is 2.17 bits per heavy atom. The van der Waals surface area contributed by atoms with E-state index in [4.69, 9.17) is 0 Å². The van der Waals surface area contributed by atoms with Crippen LogP contribution in [-0.2, 0) is 9.59 Å². The highest BCUT2D eigenvalue weighted by molar-refractivity contribution is 5.92. The molecule has 0 heterocycles. The van der Waals surface area contributed by atoms with Crippen molar-refractivity contribution in [3.63, 3.8) is 0 Å². The molecule has 134 valence electrons. The molecule has 0 aliphatic carbocycles. The van der Waals surface area contributed by atoms with Crippen molar-refractivity contribution < 1.29 is 27.5 Å². The van der Waals surface area contributed by atoms with E-state index in [-0.39, 0.29) is 24.1 Å². The average molecular weight is 347 g/mol. The summed E-state index contributed by atoms with van der Waals surface area (Å²) in [5, 5.41) is 2.54. The zero-order valence-electron chi connectivity index (χ0n) is 13.8. The molecule has 0 aliphatic heterocycles. The van der Waals surface area contributed by atoms with Crippen LogP contribution < -0.4 is 10.1 Å². The average Bonchev–Trinajstić information content (AvgIpc) is 2.45. The normalized spacial score (nSPS) is 12.7. The monoisotopic (exact) mass is 347 g/mol. The third-order valence-electron chi connectivity index (χ3n) is 3.22. The molecule has 0 saturated heterocycles. The first kappa shape index (κ1) is 19.8. The molecule has 0 radical (unpaired) electrons. The number of nitrogens with one attached hydrogen (secondary N) is 1. The molecule has 0 bridgehead atoms. The number of ether oxygens (including phenoxy) is 1. The number of carbonyl (C=O) groups is 2. The maximum atomic E-state index is 12.1. The lowest BCUT2D eigenvalue weighted by Gasteiger charge is -2.25. The lowest BCUT2D eigenvalue weighted by Crippen LogP contribution is -2.45. The number of likely N-dealkylation sites (N-methyl/N-ethyl adjacent to an activating group) is 2. The van der Waals surface area contributed by atoms with Crippen LogP contribution in [0.3, 0.4) is 0 Å². The molecular formula is C15H20F3N3O3. The summed E-state index contributed by atoms with van der Waals surface area (Å²) in [5.41, 5.74) is 0.328. The zero-order chi connectivity index (χ0) is 18.5. The van der Waals surface area contributed by atoms with E-state index in [1.54, 1.807) is 33.0 Å². The van der Waals surface area contributed by atoms with Crippen LogP contribution in [0.1, 0.15) is 6.92 Å². The molecule has 6 nitrogen and oxygen atoms in total. The van der Waals surface area contributed by atoms with Gasteiger partial charge in [0.1, 0.15) is 5.75 Å². The summed E-state index contributed by atoms with van der Waals surface area (Å²) in [4.78, 5) is 26.8. The van der Waals surface area contributed by atoms with Crippen LogP contribution >= 0.6 is 0 Å². The summed E-state index contributed by atoms with van der Waals surface area (Å²) in [6.07, 6.45) is -4.76. The van der Waals surface area contributed by atoms with E-state index in [0.29, 0.717) is 5.69 Å². The maximum Gasteiger partial charge on any atom is 0.573 e. The van der Waals surface area contributed by atoms with E-state index in [9.17, 15) is 22.8 Å². The fourth-order valence-corrected chi connectivity index (χ4v) is 1.87. The van der Waals surface area contributed by atoms with Gasteiger partial charge >= 0.3 is 6.36 Å². The van der Waals surface area contributed by atoms with Gasteiger partial charge in [0.05, 0.1) is 12.6 Å². The molecule has 0 fully saturated rings. The van der Waals surface area contributed by atoms with E-state index in [0.717, 1.165) is 12.1 Å². The Kier molecular flexibility index (Phi) is 6.59. The van der Waals surface area contributed by atoms with Crippen molar-refractivity contribution in [2.45, 2.75) is 19.3 Å². The van der Waals surface area contributed by atoms with Gasteiger partial charge in [-0.3, -0.25) is 14.5 Å². The minimum absolute atomic E-state index is 0.0401. The minimum Gasteiger partial charge on any atom is -0.406 e. The van der Waals surface area contributed by atoms with Crippen molar-refractivity contribution >= 4 is 17.5 Å². The van der Waals surface area contributed by atoms with Gasteiger partial charge in [0.25, 0.3) is 0 Å². The van der Waals surface area contributed by atoms with Gasteiger partial charge in [-0.05, 0) is 38.2 Å². The van der Waals surface area contributed by atoms with Gasteiger partial charge in [0, 0.05) is 19.8 Å². The number of amides is 2. The smallest absolute Gasteiger partial charge is 0.406 e. The summed E-state index contributed by atoms with van der Waals surface area (Å²) in [5.74, 6) is -0.901. The third-order valence-corrected chi connectivity index (χ3v) is 3.22. The van der Waals surface area contributed by atoms with Crippen LogP contribution in [0.25, 0.3) is 0 Å². The van der Waals surface area contributed by atoms with Gasteiger partial charge in [-0.15, -0.1) is 13.2 Å². The Morgan fingerprint density at radius 2 is 1.71 bits per heavy atom. The second-order valence-corrected chi connectivity index (χ2v) is 5.44. The van der Waals surface area contributed by atoms with E-state index in [1.165, 1.54) is 17.0 Å². The summed E-state index contributed by atoms with van der Waals surface area (Å²) in [6, 6.07) is 4.32. The fourth-order valence-electron chi connectivity index (χ4n) is 1.87. The SMILES string of the molecule is C[C@@H](C(=O)N(C)C)N(C)CC(=O)Nc1ccc(OC(F)(F)F)cc1. The van der Waals surface area contributed by atoms with Crippen LogP contribution in [0, 0.1) is 0 Å². The summed E-state index contributed by atoms with van der Waals surface area (Å²) in [7, 11) is 4.88. The van der Waals surface area contributed by atoms with Crippen molar-refractivity contribution in [1.29, 1.82) is 0 Å². The highest BCUT2D eigenvalue weighted by Crippen LogP contribution is 2.23. The second-order valence-electron chi connectivity index (χ2n) is 5.44. The first-order valence-corrected chi connectivity index (χ1v) is 7.06. The van der Waals surface area contributed by atoms with Gasteiger partial charge in [0.15, 0.2) is 0 Å². The number of hydrogen-bond donors (Lipinski definition) is 1. The first-order valence-electron chi connectivity index (χ1n) is 7.06. The molecule has 1 aromatic carbocycles. The molecular weight excluding hydrogens is 327 g/mol. The lowest BCUT2D eigenvalue weighted by atomic mass is 10.2. The fraction of sp³-hybridized carbons (Fsp3) is 0.467. The number of benzene rings is 1. The van der Waals surface area contributed by atoms with Crippen LogP contribution in [-0.4, -0.2) is 61.7 Å². The Morgan fingerprint density at radius 1 is 1.17 bits per heavy atom. The quantitative estimate of drug-likeness (QED) is 0.854. The summed E-state index contributed by atoms with van der Waals surface area (Å²) >= 11 is 0. The van der Waals surface area contributed by atoms with Crippen LogP contribution in [0.15, 0.2) is 24.3 Å². The molecule has 1 atom stereocenters. The Bertz CT molecular complexity index is 574. The van der Waals surface area contributed by atoms with Crippen LogP contribution in [0.4, 0.5) is 18.9 Å². The number of anilines is 1. The molecule has 9 heteroatoms. The first-order chi connectivity index (χ1) is 11.0. The van der Waals surface area contributed by atoms with Gasteiger partial charge in [-0.25, -0.2) is 0 Å². The molecule has 0 aliphatic rings. The van der Waals surface area contributed by atoms with Gasteiger partial charge in [-0.1, -0.05) is 0 Å². The van der Waals surface area contributed by atoms with Gasteiger partial charge in [-0.2, -0.15) is 0 Å². The molecule has 24 heavy (non-hydrogen) atoms. The molecule has 1 rings (SSSR count). The number of halogens is 3. The van der Waals surface area contributed by atoms with E-state index >= 15 is 0 Å². The Hall–Kier alpha value is -2.29. The van der Waals surface area contributed by atoms with Crippen molar-refractivity contribution in [3.8, 4) is 5.75 Å². The van der Waals surface area contributed by atoms with Crippen molar-refractivity contribution in [3.05, 3.63) is 24.3 Å². The van der Waals surface area contributed by atoms with Crippen LogP contribution in [0.5, 0.6) is 5.75 Å². The molecule has 0 unspecified atom stereocenters. The molecule has 0 saturated carbocycles. The minimum atomic E-state index is -4.76. The topological polar surface area (TPSA) is 61.9 Å².